The van der Waals surface area contributed by atoms with Crippen molar-refractivity contribution in [1.82, 2.24) is 5.32 Å². The van der Waals surface area contributed by atoms with E-state index in [4.69, 9.17) is 4.74 Å². The molecule has 100 valence electrons. The number of alkyl halides is 1. The molecule has 0 aliphatic carbocycles. The zero-order valence-corrected chi connectivity index (χ0v) is 12.5. The maximum atomic E-state index is 13.4. The molecule has 18 heavy (non-hydrogen) atoms. The minimum atomic E-state index is -0.518. The molecule has 0 aromatic heterocycles. The van der Waals surface area contributed by atoms with Crippen LogP contribution in [0.3, 0.4) is 0 Å². The molecule has 0 saturated carbocycles. The van der Waals surface area contributed by atoms with Gasteiger partial charge in [0.1, 0.15) is 0 Å². The molecular formula is C13H17FINO2. The normalized spacial score (nSPS) is 10.2. The highest BCUT2D eigenvalue weighted by atomic mass is 127. The number of ether oxygens (including phenoxy) is 1. The summed E-state index contributed by atoms with van der Waals surface area (Å²) in [7, 11) is 1.39. The maximum Gasteiger partial charge on any atom is 0.251 e. The Kier molecular flexibility index (Phi) is 7.00. The number of carbonyl (C=O) groups excluding carboxylic acids is 1. The number of methoxy groups -OCH3 is 1. The lowest BCUT2D eigenvalue weighted by Gasteiger charge is -2.06. The van der Waals surface area contributed by atoms with Gasteiger partial charge in [-0.3, -0.25) is 4.79 Å². The second-order valence-corrected chi connectivity index (χ2v) is 4.93. The van der Waals surface area contributed by atoms with E-state index in [0.29, 0.717) is 12.1 Å². The van der Waals surface area contributed by atoms with Crippen LogP contribution in [-0.2, 0) is 0 Å². The average Bonchev–Trinajstić information content (AvgIpc) is 2.38. The number of hydrogen-bond donors (Lipinski definition) is 1. The zero-order valence-electron chi connectivity index (χ0n) is 10.3. The number of hydrogen-bond acceptors (Lipinski definition) is 2. The molecule has 0 heterocycles. The summed E-state index contributed by atoms with van der Waals surface area (Å²) in [4.78, 5) is 11.7. The summed E-state index contributed by atoms with van der Waals surface area (Å²) in [6.45, 7) is 0.628. The van der Waals surface area contributed by atoms with E-state index in [0.717, 1.165) is 23.7 Å². The molecule has 0 bridgehead atoms. The number of amides is 1. The van der Waals surface area contributed by atoms with Gasteiger partial charge in [0.2, 0.25) is 0 Å². The Hall–Kier alpha value is -0.850. The van der Waals surface area contributed by atoms with Gasteiger partial charge in [-0.2, -0.15) is 0 Å². The highest BCUT2D eigenvalue weighted by molar-refractivity contribution is 14.1. The number of carbonyl (C=O) groups is 1. The molecule has 0 spiro atoms. The maximum absolute atomic E-state index is 13.4. The first-order valence-corrected chi connectivity index (χ1v) is 7.39. The van der Waals surface area contributed by atoms with Gasteiger partial charge in [0.15, 0.2) is 11.6 Å². The number of unbranched alkanes of at least 4 members (excludes halogenated alkanes) is 2. The fourth-order valence-electron chi connectivity index (χ4n) is 1.51. The van der Waals surface area contributed by atoms with Crippen molar-refractivity contribution in [3.8, 4) is 5.75 Å². The first kappa shape index (κ1) is 15.2. The second kappa shape index (κ2) is 8.29. The summed E-state index contributed by atoms with van der Waals surface area (Å²) < 4.78 is 19.3. The Balaban J connectivity index is 2.44. The molecule has 1 aromatic carbocycles. The van der Waals surface area contributed by atoms with Crippen LogP contribution in [0.15, 0.2) is 18.2 Å². The fourth-order valence-corrected chi connectivity index (χ4v) is 2.05. The van der Waals surface area contributed by atoms with Gasteiger partial charge in [0.05, 0.1) is 7.11 Å². The smallest absolute Gasteiger partial charge is 0.251 e. The lowest BCUT2D eigenvalue weighted by molar-refractivity contribution is 0.0952. The van der Waals surface area contributed by atoms with Crippen molar-refractivity contribution in [2.45, 2.75) is 19.3 Å². The van der Waals surface area contributed by atoms with Crippen molar-refractivity contribution in [2.75, 3.05) is 18.1 Å². The molecule has 0 atom stereocenters. The molecule has 3 nitrogen and oxygen atoms in total. The second-order valence-electron chi connectivity index (χ2n) is 3.85. The largest absolute Gasteiger partial charge is 0.494 e. The van der Waals surface area contributed by atoms with Crippen LogP contribution in [0, 0.1) is 5.82 Å². The predicted octanol–water partition coefficient (Wildman–Crippen LogP) is 3.17. The molecule has 1 aromatic rings. The minimum Gasteiger partial charge on any atom is -0.494 e. The van der Waals surface area contributed by atoms with Crippen LogP contribution >= 0.6 is 22.6 Å². The molecular weight excluding hydrogens is 348 g/mol. The molecule has 0 aliphatic rings. The third-order valence-electron chi connectivity index (χ3n) is 2.51. The Morgan fingerprint density at radius 1 is 1.39 bits per heavy atom. The van der Waals surface area contributed by atoms with Crippen molar-refractivity contribution in [1.29, 1.82) is 0 Å². The molecule has 0 radical (unpaired) electrons. The third kappa shape index (κ3) is 4.80. The molecule has 0 saturated heterocycles. The van der Waals surface area contributed by atoms with Crippen LogP contribution in [0.25, 0.3) is 0 Å². The van der Waals surface area contributed by atoms with Gasteiger partial charge in [-0.1, -0.05) is 29.0 Å². The molecule has 1 N–H and O–H groups in total. The van der Waals surface area contributed by atoms with E-state index in [-0.39, 0.29) is 11.7 Å². The van der Waals surface area contributed by atoms with Crippen molar-refractivity contribution in [2.24, 2.45) is 0 Å². The number of benzene rings is 1. The lowest BCUT2D eigenvalue weighted by Crippen LogP contribution is -2.24. The summed E-state index contributed by atoms with van der Waals surface area (Å²) in [5.74, 6) is -0.616. The van der Waals surface area contributed by atoms with Gasteiger partial charge in [0, 0.05) is 12.1 Å². The SMILES string of the molecule is COc1ccc(C(=O)NCCCCCI)cc1F. The van der Waals surface area contributed by atoms with E-state index in [2.05, 4.69) is 27.9 Å². The Bertz CT molecular complexity index is 399. The number of halogens is 2. The molecule has 5 heteroatoms. The third-order valence-corrected chi connectivity index (χ3v) is 3.27. The van der Waals surface area contributed by atoms with E-state index >= 15 is 0 Å². The first-order valence-electron chi connectivity index (χ1n) is 5.86. The van der Waals surface area contributed by atoms with Crippen LogP contribution in [0.1, 0.15) is 29.6 Å². The van der Waals surface area contributed by atoms with Crippen molar-refractivity contribution < 1.29 is 13.9 Å². The summed E-state index contributed by atoms with van der Waals surface area (Å²) >= 11 is 2.33. The summed E-state index contributed by atoms with van der Waals surface area (Å²) in [5, 5.41) is 2.77. The number of rotatable bonds is 7. The van der Waals surface area contributed by atoms with E-state index in [1.54, 1.807) is 6.07 Å². The van der Waals surface area contributed by atoms with Gasteiger partial charge in [-0.05, 0) is 35.5 Å². The summed E-state index contributed by atoms with van der Waals surface area (Å²) in [6, 6.07) is 4.21. The van der Waals surface area contributed by atoms with Crippen LogP contribution in [0.4, 0.5) is 4.39 Å². The van der Waals surface area contributed by atoms with E-state index < -0.39 is 5.82 Å². The molecule has 1 amide bonds. The molecule has 0 fully saturated rings. The van der Waals surface area contributed by atoms with Gasteiger partial charge < -0.3 is 10.1 Å². The van der Waals surface area contributed by atoms with Gasteiger partial charge in [-0.15, -0.1) is 0 Å². The van der Waals surface area contributed by atoms with Crippen molar-refractivity contribution in [3.63, 3.8) is 0 Å². The van der Waals surface area contributed by atoms with Crippen LogP contribution in [-0.4, -0.2) is 24.0 Å². The Labute approximate surface area is 120 Å². The fraction of sp³-hybridized carbons (Fsp3) is 0.462. The highest BCUT2D eigenvalue weighted by Crippen LogP contribution is 2.17. The monoisotopic (exact) mass is 365 g/mol. The average molecular weight is 365 g/mol. The summed E-state index contributed by atoms with van der Waals surface area (Å²) in [6.07, 6.45) is 3.21. The van der Waals surface area contributed by atoms with Gasteiger partial charge in [0.25, 0.3) is 5.91 Å². The van der Waals surface area contributed by atoms with Crippen molar-refractivity contribution in [3.05, 3.63) is 29.6 Å². The molecule has 1 rings (SSSR count). The van der Waals surface area contributed by atoms with E-state index in [9.17, 15) is 9.18 Å². The Morgan fingerprint density at radius 2 is 2.17 bits per heavy atom. The predicted molar refractivity (Wildman–Crippen MR) is 78.0 cm³/mol. The summed E-state index contributed by atoms with van der Waals surface area (Å²) in [5.41, 5.74) is 0.321. The standard InChI is InChI=1S/C13H17FINO2/c1-18-12-6-5-10(9-11(12)14)13(17)16-8-4-2-3-7-15/h5-6,9H,2-4,7-8H2,1H3,(H,16,17). The van der Waals surface area contributed by atoms with E-state index in [1.165, 1.54) is 19.2 Å². The lowest BCUT2D eigenvalue weighted by atomic mass is 10.2. The Morgan fingerprint density at radius 3 is 2.78 bits per heavy atom. The quantitative estimate of drug-likeness (QED) is 0.458. The topological polar surface area (TPSA) is 38.3 Å². The van der Waals surface area contributed by atoms with Crippen LogP contribution in [0.5, 0.6) is 5.75 Å². The van der Waals surface area contributed by atoms with Gasteiger partial charge >= 0.3 is 0 Å². The van der Waals surface area contributed by atoms with Crippen LogP contribution in [0.2, 0.25) is 0 Å². The van der Waals surface area contributed by atoms with Gasteiger partial charge in [-0.25, -0.2) is 4.39 Å². The zero-order chi connectivity index (χ0) is 13.4. The highest BCUT2D eigenvalue weighted by Gasteiger charge is 2.09. The molecule has 0 unspecified atom stereocenters. The molecule has 0 aliphatic heterocycles. The number of nitrogens with one attached hydrogen (secondary N) is 1. The van der Waals surface area contributed by atoms with E-state index in [1.807, 2.05) is 0 Å². The van der Waals surface area contributed by atoms with Crippen LogP contribution < -0.4 is 10.1 Å². The van der Waals surface area contributed by atoms with Crippen molar-refractivity contribution >= 4 is 28.5 Å². The minimum absolute atomic E-state index is 0.147. The first-order chi connectivity index (χ1) is 8.69.